The molecule has 5 N–H and O–H groups in total. The van der Waals surface area contributed by atoms with Gasteiger partial charge in [0.25, 0.3) is 0 Å². The summed E-state index contributed by atoms with van der Waals surface area (Å²) >= 11 is 0. The van der Waals surface area contributed by atoms with Crippen LogP contribution in [0.3, 0.4) is 0 Å². The second-order valence-corrected chi connectivity index (χ2v) is 5.36. The van der Waals surface area contributed by atoms with Gasteiger partial charge in [-0.2, -0.15) is 0 Å². The molecule has 1 aliphatic carbocycles. The van der Waals surface area contributed by atoms with Crippen molar-refractivity contribution < 1.29 is 24.3 Å². The molecule has 1 aliphatic rings. The van der Waals surface area contributed by atoms with Crippen molar-refractivity contribution in [1.29, 1.82) is 0 Å². The van der Waals surface area contributed by atoms with E-state index in [9.17, 15) is 9.36 Å². The summed E-state index contributed by atoms with van der Waals surface area (Å²) in [6.45, 7) is 0. The number of hydrogen-bond donors (Lipinski definition) is 4. The van der Waals surface area contributed by atoms with Gasteiger partial charge in [-0.3, -0.25) is 9.36 Å². The molecule has 13 heavy (non-hydrogen) atoms. The Labute approximate surface area is 74.9 Å². The van der Waals surface area contributed by atoms with Crippen LogP contribution < -0.4 is 5.73 Å². The van der Waals surface area contributed by atoms with Gasteiger partial charge in [-0.05, 0) is 19.3 Å². The van der Waals surface area contributed by atoms with E-state index in [2.05, 4.69) is 0 Å². The van der Waals surface area contributed by atoms with Crippen LogP contribution >= 0.6 is 7.60 Å². The van der Waals surface area contributed by atoms with E-state index < -0.39 is 24.8 Å². The van der Waals surface area contributed by atoms with E-state index in [0.29, 0.717) is 0 Å². The fourth-order valence-electron chi connectivity index (χ4n) is 1.53. The third kappa shape index (κ3) is 2.08. The largest absolute Gasteiger partial charge is 0.480 e. The van der Waals surface area contributed by atoms with Crippen LogP contribution in [0.1, 0.15) is 19.3 Å². The first-order chi connectivity index (χ1) is 5.76. The zero-order valence-corrected chi connectivity index (χ0v) is 7.78. The summed E-state index contributed by atoms with van der Waals surface area (Å²) in [7, 11) is -4.18. The molecule has 0 saturated heterocycles. The van der Waals surface area contributed by atoms with E-state index in [-0.39, 0.29) is 19.3 Å². The van der Waals surface area contributed by atoms with Crippen molar-refractivity contribution in [3.8, 4) is 0 Å². The van der Waals surface area contributed by atoms with E-state index in [1.54, 1.807) is 0 Å². The molecule has 7 heteroatoms. The van der Waals surface area contributed by atoms with Crippen LogP contribution in [-0.4, -0.2) is 32.1 Å². The van der Waals surface area contributed by atoms with E-state index >= 15 is 0 Å². The SMILES string of the molecule is N[C@@]1(C(=O)O)CC[C@@H](P(=O)(O)O)C1. The highest BCUT2D eigenvalue weighted by Crippen LogP contribution is 2.51. The fourth-order valence-corrected chi connectivity index (χ4v) is 2.56. The van der Waals surface area contributed by atoms with Gasteiger partial charge in [-0.25, -0.2) is 0 Å². The molecule has 6 nitrogen and oxygen atoms in total. The van der Waals surface area contributed by atoms with E-state index in [0.717, 1.165) is 0 Å². The Kier molecular flexibility index (Phi) is 2.51. The van der Waals surface area contributed by atoms with Crippen molar-refractivity contribution in [2.24, 2.45) is 5.73 Å². The lowest BCUT2D eigenvalue weighted by Crippen LogP contribution is -2.45. The number of carboxylic acids is 1. The Morgan fingerprint density at radius 3 is 2.31 bits per heavy atom. The van der Waals surface area contributed by atoms with Crippen LogP contribution in [0.2, 0.25) is 0 Å². The lowest BCUT2D eigenvalue weighted by atomic mass is 10.0. The first kappa shape index (κ1) is 10.7. The summed E-state index contributed by atoms with van der Waals surface area (Å²) in [4.78, 5) is 28.2. The quantitative estimate of drug-likeness (QED) is 0.455. The number of nitrogens with two attached hydrogens (primary N) is 1. The molecular formula is C6H12NO5P. The highest BCUT2D eigenvalue weighted by Gasteiger charge is 2.47. The van der Waals surface area contributed by atoms with Gasteiger partial charge in [-0.1, -0.05) is 0 Å². The smallest absolute Gasteiger partial charge is 0.328 e. The van der Waals surface area contributed by atoms with Crippen LogP contribution in [0, 0.1) is 0 Å². The van der Waals surface area contributed by atoms with Gasteiger partial charge >= 0.3 is 13.6 Å². The summed E-state index contributed by atoms with van der Waals surface area (Å²) < 4.78 is 10.8. The molecule has 1 saturated carbocycles. The number of carbonyl (C=O) groups is 1. The molecular weight excluding hydrogens is 197 g/mol. The van der Waals surface area contributed by atoms with Crippen LogP contribution in [0.25, 0.3) is 0 Å². The van der Waals surface area contributed by atoms with Gasteiger partial charge < -0.3 is 20.6 Å². The molecule has 1 fully saturated rings. The third-order valence-electron chi connectivity index (χ3n) is 2.43. The third-order valence-corrected chi connectivity index (χ3v) is 3.82. The summed E-state index contributed by atoms with van der Waals surface area (Å²) in [5.41, 5.74) is 3.10. The normalized spacial score (nSPS) is 34.8. The molecule has 0 aromatic carbocycles. The van der Waals surface area contributed by atoms with Gasteiger partial charge in [0.15, 0.2) is 0 Å². The average molecular weight is 209 g/mol. The Morgan fingerprint density at radius 2 is 2.08 bits per heavy atom. The molecule has 0 aliphatic heterocycles. The monoisotopic (exact) mass is 209 g/mol. The van der Waals surface area contributed by atoms with Crippen molar-refractivity contribution in [3.05, 3.63) is 0 Å². The molecule has 0 aromatic heterocycles. The molecule has 0 aromatic rings. The van der Waals surface area contributed by atoms with Crippen molar-refractivity contribution in [2.75, 3.05) is 0 Å². The minimum Gasteiger partial charge on any atom is -0.480 e. The predicted molar refractivity (Wildman–Crippen MR) is 44.2 cm³/mol. The molecule has 0 spiro atoms. The first-order valence-corrected chi connectivity index (χ1v) is 5.51. The van der Waals surface area contributed by atoms with Crippen molar-refractivity contribution in [3.63, 3.8) is 0 Å². The van der Waals surface area contributed by atoms with Crippen LogP contribution in [0.4, 0.5) is 0 Å². The molecule has 0 heterocycles. The minimum atomic E-state index is -4.18. The maximum Gasteiger partial charge on any atom is 0.328 e. The summed E-state index contributed by atoms with van der Waals surface area (Å²) in [5.74, 6) is -1.19. The zero-order valence-electron chi connectivity index (χ0n) is 6.88. The molecule has 0 unspecified atom stereocenters. The number of rotatable bonds is 2. The fraction of sp³-hybridized carbons (Fsp3) is 0.833. The number of hydrogen-bond acceptors (Lipinski definition) is 3. The molecule has 0 bridgehead atoms. The Hall–Kier alpha value is -0.420. The molecule has 1 rings (SSSR count). The topological polar surface area (TPSA) is 121 Å². The van der Waals surface area contributed by atoms with Gasteiger partial charge in [0.05, 0.1) is 5.66 Å². The number of carboxylic acid groups (broad SMARTS) is 1. The molecule has 0 radical (unpaired) electrons. The van der Waals surface area contributed by atoms with Gasteiger partial charge in [0.2, 0.25) is 0 Å². The maximum absolute atomic E-state index is 10.8. The molecule has 0 amide bonds. The standard InChI is InChI=1S/C6H12NO5P/c7-6(5(8)9)2-1-4(3-6)13(10,11)12/h4H,1-3,7H2,(H,8,9)(H2,10,11,12)/t4-,6+/m1/s1. The second-order valence-electron chi connectivity index (χ2n) is 3.45. The van der Waals surface area contributed by atoms with Crippen LogP contribution in [0.15, 0.2) is 0 Å². The lowest BCUT2D eigenvalue weighted by molar-refractivity contribution is -0.143. The maximum atomic E-state index is 10.8. The molecule has 76 valence electrons. The first-order valence-electron chi connectivity index (χ1n) is 3.83. The number of aliphatic carboxylic acids is 1. The molecule has 2 atom stereocenters. The Balaban J connectivity index is 2.75. The van der Waals surface area contributed by atoms with E-state index in [1.165, 1.54) is 0 Å². The summed E-state index contributed by atoms with van der Waals surface area (Å²) in [6.07, 6.45) is 0.151. The van der Waals surface area contributed by atoms with Crippen LogP contribution in [-0.2, 0) is 9.36 Å². The summed E-state index contributed by atoms with van der Waals surface area (Å²) in [6, 6.07) is 0. The van der Waals surface area contributed by atoms with Crippen molar-refractivity contribution in [2.45, 2.75) is 30.5 Å². The van der Waals surface area contributed by atoms with Crippen LogP contribution in [0.5, 0.6) is 0 Å². The lowest BCUT2D eigenvalue weighted by Gasteiger charge is -2.18. The highest BCUT2D eigenvalue weighted by molar-refractivity contribution is 7.52. The van der Waals surface area contributed by atoms with Crippen molar-refractivity contribution >= 4 is 13.6 Å². The summed E-state index contributed by atoms with van der Waals surface area (Å²) in [5, 5.41) is 8.68. The predicted octanol–water partition coefficient (Wildman–Crippen LogP) is -0.501. The highest BCUT2D eigenvalue weighted by atomic mass is 31.2. The van der Waals surface area contributed by atoms with E-state index in [1.807, 2.05) is 0 Å². The zero-order chi connectivity index (χ0) is 10.3. The average Bonchev–Trinajstić information content (AvgIpc) is 2.31. The Bertz CT molecular complexity index is 274. The van der Waals surface area contributed by atoms with Gasteiger partial charge in [0.1, 0.15) is 5.54 Å². The van der Waals surface area contributed by atoms with Gasteiger partial charge in [-0.15, -0.1) is 0 Å². The Morgan fingerprint density at radius 1 is 1.54 bits per heavy atom. The van der Waals surface area contributed by atoms with Crippen molar-refractivity contribution in [1.82, 2.24) is 0 Å². The minimum absolute atomic E-state index is 0.123. The second kappa shape index (κ2) is 3.06. The van der Waals surface area contributed by atoms with E-state index in [4.69, 9.17) is 20.6 Å². The van der Waals surface area contributed by atoms with Gasteiger partial charge in [0, 0.05) is 0 Å².